The summed E-state index contributed by atoms with van der Waals surface area (Å²) in [6.45, 7) is 2.13. The van der Waals surface area contributed by atoms with Crippen molar-refractivity contribution in [2.45, 2.75) is 13.3 Å². The number of rotatable bonds is 3. The van der Waals surface area contributed by atoms with Crippen molar-refractivity contribution in [2.75, 3.05) is 5.33 Å². The minimum atomic E-state index is 1.05. The van der Waals surface area contributed by atoms with E-state index in [1.54, 1.807) is 11.3 Å². The summed E-state index contributed by atoms with van der Waals surface area (Å²) in [5.74, 6) is 0. The highest BCUT2D eigenvalue weighted by Crippen LogP contribution is 2.14. The van der Waals surface area contributed by atoms with Crippen molar-refractivity contribution in [2.24, 2.45) is 0 Å². The predicted octanol–water partition coefficient (Wildman–Crippen LogP) is 3.85. The first-order valence-corrected chi connectivity index (χ1v) is 5.60. The van der Waals surface area contributed by atoms with Crippen LogP contribution in [0.15, 0.2) is 17.5 Å². The highest BCUT2D eigenvalue weighted by molar-refractivity contribution is 9.09. The molecule has 0 fully saturated rings. The number of aryl methyl sites for hydroxylation is 1. The molecule has 0 spiro atoms. The molecule has 0 amide bonds. The third-order valence-electron chi connectivity index (χ3n) is 1.34. The molecule has 0 saturated carbocycles. The molecule has 1 aromatic rings. The fraction of sp³-hybridized carbons (Fsp3) is 0.333. The van der Waals surface area contributed by atoms with Crippen molar-refractivity contribution in [3.63, 3.8) is 0 Å². The molecule has 0 saturated heterocycles. The van der Waals surface area contributed by atoms with Crippen LogP contribution in [0.25, 0.3) is 6.08 Å². The lowest BCUT2D eigenvalue weighted by Gasteiger charge is -1.82. The molecule has 0 unspecified atom stereocenters. The van der Waals surface area contributed by atoms with Crippen LogP contribution in [0.5, 0.6) is 0 Å². The molecule has 0 radical (unpaired) electrons. The van der Waals surface area contributed by atoms with Gasteiger partial charge in [-0.2, -0.15) is 0 Å². The third-order valence-corrected chi connectivity index (χ3v) is 2.67. The van der Waals surface area contributed by atoms with E-state index in [1.807, 2.05) is 0 Å². The fourth-order valence-electron chi connectivity index (χ4n) is 0.834. The van der Waals surface area contributed by atoms with Gasteiger partial charge in [-0.15, -0.1) is 11.3 Å². The Hall–Kier alpha value is -0.0800. The summed E-state index contributed by atoms with van der Waals surface area (Å²) in [6.07, 6.45) is 5.47. The minimum Gasteiger partial charge on any atom is -0.149 e. The maximum absolute atomic E-state index is 3.38. The molecule has 11 heavy (non-hydrogen) atoms. The number of allylic oxidation sites excluding steroid dienone is 1. The number of thiophene rings is 1. The number of halogens is 1. The monoisotopic (exact) mass is 230 g/mol. The molecule has 1 heterocycles. The highest BCUT2D eigenvalue weighted by atomic mass is 79.9. The van der Waals surface area contributed by atoms with E-state index in [1.165, 1.54) is 10.4 Å². The molecule has 0 N–H and O–H groups in total. The van der Waals surface area contributed by atoms with E-state index in [9.17, 15) is 0 Å². The van der Waals surface area contributed by atoms with Crippen molar-refractivity contribution < 1.29 is 0 Å². The summed E-state index contributed by atoms with van der Waals surface area (Å²) in [5.41, 5.74) is 1.33. The molecule has 0 aliphatic rings. The van der Waals surface area contributed by atoms with Gasteiger partial charge < -0.3 is 0 Å². The summed E-state index contributed by atoms with van der Waals surface area (Å²) in [6, 6.07) is 2.20. The SMILES string of the molecule is Cc1cc(/C=C/CCBr)cs1. The largest absolute Gasteiger partial charge is 0.149 e. The Morgan fingerprint density at radius 3 is 3.00 bits per heavy atom. The molecule has 0 atom stereocenters. The zero-order valence-electron chi connectivity index (χ0n) is 6.51. The van der Waals surface area contributed by atoms with Crippen molar-refractivity contribution in [3.05, 3.63) is 28.0 Å². The van der Waals surface area contributed by atoms with Crippen LogP contribution < -0.4 is 0 Å². The smallest absolute Gasteiger partial charge is 0.00660 e. The van der Waals surface area contributed by atoms with Crippen molar-refractivity contribution in [1.82, 2.24) is 0 Å². The highest BCUT2D eigenvalue weighted by Gasteiger charge is 1.89. The van der Waals surface area contributed by atoms with Crippen molar-refractivity contribution in [3.8, 4) is 0 Å². The lowest BCUT2D eigenvalue weighted by atomic mass is 10.3. The second kappa shape index (κ2) is 4.73. The first kappa shape index (κ1) is 9.01. The Morgan fingerprint density at radius 2 is 2.45 bits per heavy atom. The number of hydrogen-bond donors (Lipinski definition) is 0. The standard InChI is InChI=1S/C9H11BrS/c1-8-6-9(7-11-8)4-2-3-5-10/h2,4,6-7H,3,5H2,1H3/b4-2+. The Morgan fingerprint density at radius 1 is 1.64 bits per heavy atom. The van der Waals surface area contributed by atoms with Crippen LogP contribution >= 0.6 is 27.3 Å². The van der Waals surface area contributed by atoms with E-state index in [-0.39, 0.29) is 0 Å². The lowest BCUT2D eigenvalue weighted by Crippen LogP contribution is -1.65. The van der Waals surface area contributed by atoms with Gasteiger partial charge in [-0.3, -0.25) is 0 Å². The van der Waals surface area contributed by atoms with E-state index in [2.05, 4.69) is 46.5 Å². The molecule has 0 aliphatic carbocycles. The van der Waals surface area contributed by atoms with Crippen molar-refractivity contribution >= 4 is 33.3 Å². The maximum Gasteiger partial charge on any atom is 0.00660 e. The quantitative estimate of drug-likeness (QED) is 0.693. The van der Waals surface area contributed by atoms with E-state index in [0.29, 0.717) is 0 Å². The summed E-state index contributed by atoms with van der Waals surface area (Å²) >= 11 is 5.18. The van der Waals surface area contributed by atoms with Crippen LogP contribution in [0.2, 0.25) is 0 Å². The summed E-state index contributed by atoms with van der Waals surface area (Å²) in [7, 11) is 0. The van der Waals surface area contributed by atoms with Gasteiger partial charge in [-0.25, -0.2) is 0 Å². The topological polar surface area (TPSA) is 0 Å². The molecule has 1 aromatic heterocycles. The Balaban J connectivity index is 2.50. The van der Waals surface area contributed by atoms with Crippen LogP contribution in [0.3, 0.4) is 0 Å². The molecule has 60 valence electrons. The van der Waals surface area contributed by atoms with Crippen LogP contribution in [0, 0.1) is 6.92 Å². The second-order valence-corrected chi connectivity index (χ2v) is 4.28. The fourth-order valence-corrected chi connectivity index (χ4v) is 1.77. The number of hydrogen-bond acceptors (Lipinski definition) is 1. The van der Waals surface area contributed by atoms with Crippen molar-refractivity contribution in [1.29, 1.82) is 0 Å². The minimum absolute atomic E-state index is 1.05. The van der Waals surface area contributed by atoms with Crippen LogP contribution in [-0.2, 0) is 0 Å². The van der Waals surface area contributed by atoms with Gasteiger partial charge >= 0.3 is 0 Å². The molecular formula is C9H11BrS. The van der Waals surface area contributed by atoms with Gasteiger partial charge in [0.05, 0.1) is 0 Å². The predicted molar refractivity (Wildman–Crippen MR) is 56.5 cm³/mol. The van der Waals surface area contributed by atoms with E-state index in [0.717, 1.165) is 11.8 Å². The van der Waals surface area contributed by atoms with Gasteiger partial charge in [0.1, 0.15) is 0 Å². The van der Waals surface area contributed by atoms with E-state index in [4.69, 9.17) is 0 Å². The summed E-state index contributed by atoms with van der Waals surface area (Å²) < 4.78 is 0. The zero-order chi connectivity index (χ0) is 8.10. The van der Waals surface area contributed by atoms with Crippen LogP contribution in [0.4, 0.5) is 0 Å². The average molecular weight is 231 g/mol. The first-order valence-electron chi connectivity index (χ1n) is 3.60. The van der Waals surface area contributed by atoms with Gasteiger partial charge in [0, 0.05) is 10.2 Å². The molecule has 0 bridgehead atoms. The van der Waals surface area contributed by atoms with Gasteiger partial charge in [-0.1, -0.05) is 28.1 Å². The molecule has 1 rings (SSSR count). The molecule has 2 heteroatoms. The zero-order valence-corrected chi connectivity index (χ0v) is 8.91. The van der Waals surface area contributed by atoms with Gasteiger partial charge in [0.2, 0.25) is 0 Å². The third kappa shape index (κ3) is 3.21. The summed E-state index contributed by atoms with van der Waals surface area (Å²) in [4.78, 5) is 1.38. The van der Waals surface area contributed by atoms with Gasteiger partial charge in [0.25, 0.3) is 0 Å². The van der Waals surface area contributed by atoms with Gasteiger partial charge in [-0.05, 0) is 30.4 Å². The van der Waals surface area contributed by atoms with E-state index >= 15 is 0 Å². The lowest BCUT2D eigenvalue weighted by molar-refractivity contribution is 1.27. The molecule has 0 aliphatic heterocycles. The Kier molecular flexibility index (Phi) is 3.87. The molecular weight excluding hydrogens is 220 g/mol. The van der Waals surface area contributed by atoms with Gasteiger partial charge in [0.15, 0.2) is 0 Å². The Bertz CT molecular complexity index is 237. The first-order chi connectivity index (χ1) is 5.33. The molecule has 0 aromatic carbocycles. The Labute approximate surface area is 80.1 Å². The second-order valence-electron chi connectivity index (χ2n) is 2.37. The van der Waals surface area contributed by atoms with E-state index < -0.39 is 0 Å². The van der Waals surface area contributed by atoms with Crippen LogP contribution in [0.1, 0.15) is 16.9 Å². The average Bonchev–Trinajstić information content (AvgIpc) is 2.37. The molecule has 0 nitrogen and oxygen atoms in total. The summed E-state index contributed by atoms with van der Waals surface area (Å²) in [5, 5.41) is 3.23. The maximum atomic E-state index is 3.38. The number of alkyl halides is 1. The normalized spacial score (nSPS) is 11.1. The van der Waals surface area contributed by atoms with Crippen LogP contribution in [-0.4, -0.2) is 5.33 Å².